The van der Waals surface area contributed by atoms with Gasteiger partial charge in [-0.15, -0.1) is 0 Å². The van der Waals surface area contributed by atoms with E-state index in [-0.39, 0.29) is 5.97 Å². The maximum atomic E-state index is 12.1. The zero-order chi connectivity index (χ0) is 14.5. The number of hydrogen-bond acceptors (Lipinski definition) is 3. The highest BCUT2D eigenvalue weighted by Crippen LogP contribution is 2.28. The molecule has 0 aliphatic heterocycles. The van der Waals surface area contributed by atoms with Gasteiger partial charge in [0.25, 0.3) is 0 Å². The SMILES string of the molecule is CCc1ccc(C(=O)Oc2ccc(C)cc2OC)cc1. The Balaban J connectivity index is 2.18. The molecule has 0 saturated heterocycles. The Morgan fingerprint density at radius 3 is 2.35 bits per heavy atom. The Morgan fingerprint density at radius 2 is 1.75 bits per heavy atom. The fourth-order valence-corrected chi connectivity index (χ4v) is 1.89. The van der Waals surface area contributed by atoms with Crippen molar-refractivity contribution in [3.8, 4) is 11.5 Å². The van der Waals surface area contributed by atoms with E-state index in [1.807, 2.05) is 31.2 Å². The molecule has 0 atom stereocenters. The summed E-state index contributed by atoms with van der Waals surface area (Å²) in [5, 5.41) is 0. The number of ether oxygens (including phenoxy) is 2. The van der Waals surface area contributed by atoms with Crippen LogP contribution in [0.25, 0.3) is 0 Å². The van der Waals surface area contributed by atoms with Gasteiger partial charge in [-0.2, -0.15) is 0 Å². The highest BCUT2D eigenvalue weighted by Gasteiger charge is 2.12. The van der Waals surface area contributed by atoms with E-state index in [0.717, 1.165) is 12.0 Å². The number of aryl methyl sites for hydroxylation is 2. The van der Waals surface area contributed by atoms with Gasteiger partial charge in [0.1, 0.15) is 0 Å². The molecular formula is C17H18O3. The van der Waals surface area contributed by atoms with Crippen molar-refractivity contribution in [1.29, 1.82) is 0 Å². The van der Waals surface area contributed by atoms with Crippen LogP contribution >= 0.6 is 0 Å². The van der Waals surface area contributed by atoms with Crippen molar-refractivity contribution >= 4 is 5.97 Å². The Kier molecular flexibility index (Phi) is 4.41. The molecule has 0 unspecified atom stereocenters. The van der Waals surface area contributed by atoms with Crippen LogP contribution in [0.2, 0.25) is 0 Å². The first-order valence-corrected chi connectivity index (χ1v) is 6.59. The Bertz CT molecular complexity index is 600. The van der Waals surface area contributed by atoms with Gasteiger partial charge >= 0.3 is 5.97 Å². The minimum absolute atomic E-state index is 0.380. The van der Waals surface area contributed by atoms with Crippen molar-refractivity contribution in [2.75, 3.05) is 7.11 Å². The average molecular weight is 270 g/mol. The van der Waals surface area contributed by atoms with Crippen molar-refractivity contribution in [1.82, 2.24) is 0 Å². The van der Waals surface area contributed by atoms with E-state index >= 15 is 0 Å². The lowest BCUT2D eigenvalue weighted by Crippen LogP contribution is -2.09. The lowest BCUT2D eigenvalue weighted by atomic mass is 10.1. The lowest BCUT2D eigenvalue weighted by Gasteiger charge is -2.10. The smallest absolute Gasteiger partial charge is 0.343 e. The second-order valence-electron chi connectivity index (χ2n) is 4.59. The molecular weight excluding hydrogens is 252 g/mol. The predicted molar refractivity (Wildman–Crippen MR) is 78.5 cm³/mol. The zero-order valence-electron chi connectivity index (χ0n) is 12.0. The van der Waals surface area contributed by atoms with E-state index < -0.39 is 0 Å². The van der Waals surface area contributed by atoms with E-state index in [1.165, 1.54) is 5.56 Å². The molecule has 2 rings (SSSR count). The van der Waals surface area contributed by atoms with E-state index in [2.05, 4.69) is 6.92 Å². The zero-order valence-corrected chi connectivity index (χ0v) is 12.0. The molecule has 0 saturated carbocycles. The van der Waals surface area contributed by atoms with E-state index in [0.29, 0.717) is 17.1 Å². The predicted octanol–water partition coefficient (Wildman–Crippen LogP) is 3.79. The third kappa shape index (κ3) is 3.18. The van der Waals surface area contributed by atoms with Crippen LogP contribution in [0, 0.1) is 6.92 Å². The molecule has 2 aromatic rings. The topological polar surface area (TPSA) is 35.5 Å². The van der Waals surface area contributed by atoms with Crippen LogP contribution in [0.1, 0.15) is 28.4 Å². The molecule has 3 nitrogen and oxygen atoms in total. The summed E-state index contributed by atoms with van der Waals surface area (Å²) < 4.78 is 10.6. The summed E-state index contributed by atoms with van der Waals surface area (Å²) in [4.78, 5) is 12.1. The maximum absolute atomic E-state index is 12.1. The summed E-state index contributed by atoms with van der Waals surface area (Å²) in [6, 6.07) is 12.9. The van der Waals surface area contributed by atoms with E-state index in [1.54, 1.807) is 25.3 Å². The van der Waals surface area contributed by atoms with Crippen molar-refractivity contribution < 1.29 is 14.3 Å². The van der Waals surface area contributed by atoms with Crippen molar-refractivity contribution in [2.45, 2.75) is 20.3 Å². The molecule has 0 N–H and O–H groups in total. The number of rotatable bonds is 4. The van der Waals surface area contributed by atoms with E-state index in [9.17, 15) is 4.79 Å². The second-order valence-corrected chi connectivity index (χ2v) is 4.59. The van der Waals surface area contributed by atoms with Gasteiger partial charge in [-0.3, -0.25) is 0 Å². The summed E-state index contributed by atoms with van der Waals surface area (Å²) in [7, 11) is 1.56. The largest absolute Gasteiger partial charge is 0.493 e. The summed E-state index contributed by atoms with van der Waals surface area (Å²) in [5.41, 5.74) is 2.77. The monoisotopic (exact) mass is 270 g/mol. The first-order chi connectivity index (χ1) is 9.63. The fourth-order valence-electron chi connectivity index (χ4n) is 1.89. The Morgan fingerprint density at radius 1 is 1.05 bits per heavy atom. The summed E-state index contributed by atoms with van der Waals surface area (Å²) in [6.07, 6.45) is 0.946. The second kappa shape index (κ2) is 6.24. The molecule has 0 aromatic heterocycles. The average Bonchev–Trinajstić information content (AvgIpc) is 2.49. The summed E-state index contributed by atoms with van der Waals surface area (Å²) in [6.45, 7) is 4.03. The summed E-state index contributed by atoms with van der Waals surface area (Å²) >= 11 is 0. The molecule has 3 heteroatoms. The molecule has 0 bridgehead atoms. The van der Waals surface area contributed by atoms with Gasteiger partial charge in [-0.05, 0) is 48.7 Å². The van der Waals surface area contributed by atoms with Gasteiger partial charge < -0.3 is 9.47 Å². The minimum Gasteiger partial charge on any atom is -0.493 e. The molecule has 0 aliphatic rings. The quantitative estimate of drug-likeness (QED) is 0.626. The minimum atomic E-state index is -0.380. The van der Waals surface area contributed by atoms with Crippen LogP contribution in [0.3, 0.4) is 0 Å². The van der Waals surface area contributed by atoms with Crippen molar-refractivity contribution in [3.05, 3.63) is 59.2 Å². The molecule has 0 heterocycles. The van der Waals surface area contributed by atoms with Crippen molar-refractivity contribution in [2.24, 2.45) is 0 Å². The van der Waals surface area contributed by atoms with Gasteiger partial charge in [0.15, 0.2) is 11.5 Å². The first kappa shape index (κ1) is 14.1. The van der Waals surface area contributed by atoms with Gasteiger partial charge in [-0.1, -0.05) is 25.1 Å². The van der Waals surface area contributed by atoms with E-state index in [4.69, 9.17) is 9.47 Å². The van der Waals surface area contributed by atoms with Crippen LogP contribution < -0.4 is 9.47 Å². The number of carbonyl (C=O) groups excluding carboxylic acids is 1. The maximum Gasteiger partial charge on any atom is 0.343 e. The normalized spacial score (nSPS) is 10.2. The standard InChI is InChI=1S/C17H18O3/c1-4-13-6-8-14(9-7-13)17(18)20-15-10-5-12(2)11-16(15)19-3/h5-11H,4H2,1-3H3. The highest BCUT2D eigenvalue weighted by molar-refractivity contribution is 5.91. The molecule has 0 aliphatic carbocycles. The van der Waals surface area contributed by atoms with Gasteiger partial charge in [0, 0.05) is 0 Å². The van der Waals surface area contributed by atoms with Crippen LogP contribution in [0.5, 0.6) is 11.5 Å². The van der Waals surface area contributed by atoms with Gasteiger partial charge in [0.2, 0.25) is 0 Å². The highest BCUT2D eigenvalue weighted by atomic mass is 16.6. The Hall–Kier alpha value is -2.29. The molecule has 20 heavy (non-hydrogen) atoms. The van der Waals surface area contributed by atoms with Gasteiger partial charge in [0.05, 0.1) is 12.7 Å². The van der Waals surface area contributed by atoms with Crippen LogP contribution in [0.4, 0.5) is 0 Å². The molecule has 0 radical (unpaired) electrons. The lowest BCUT2D eigenvalue weighted by molar-refractivity contribution is 0.0729. The third-order valence-electron chi connectivity index (χ3n) is 3.12. The molecule has 2 aromatic carbocycles. The Labute approximate surface area is 119 Å². The molecule has 0 spiro atoms. The number of methoxy groups -OCH3 is 1. The number of carbonyl (C=O) groups is 1. The van der Waals surface area contributed by atoms with Crippen LogP contribution in [-0.4, -0.2) is 13.1 Å². The molecule has 104 valence electrons. The van der Waals surface area contributed by atoms with Crippen LogP contribution in [-0.2, 0) is 6.42 Å². The molecule has 0 amide bonds. The third-order valence-corrected chi connectivity index (χ3v) is 3.12. The fraction of sp³-hybridized carbons (Fsp3) is 0.235. The number of benzene rings is 2. The first-order valence-electron chi connectivity index (χ1n) is 6.59. The number of esters is 1. The molecule has 0 fully saturated rings. The van der Waals surface area contributed by atoms with Crippen LogP contribution in [0.15, 0.2) is 42.5 Å². The summed E-state index contributed by atoms with van der Waals surface area (Å²) in [5.74, 6) is 0.612. The number of hydrogen-bond donors (Lipinski definition) is 0. The van der Waals surface area contributed by atoms with Crippen molar-refractivity contribution in [3.63, 3.8) is 0 Å². The van der Waals surface area contributed by atoms with Gasteiger partial charge in [-0.25, -0.2) is 4.79 Å².